The van der Waals surface area contributed by atoms with E-state index in [1.807, 2.05) is 0 Å². The molecule has 4 rings (SSSR count). The maximum absolute atomic E-state index is 12.4. The third-order valence-electron chi connectivity index (χ3n) is 4.60. The Morgan fingerprint density at radius 2 is 2.04 bits per heavy atom. The highest BCUT2D eigenvalue weighted by Gasteiger charge is 2.26. The van der Waals surface area contributed by atoms with Crippen LogP contribution in [-0.4, -0.2) is 39.0 Å². The predicted octanol–water partition coefficient (Wildman–Crippen LogP) is 3.31. The SMILES string of the molecule is CC(=O)c1c(-c2ccc(O)cn2)oc2ccc(O)c(CN3CCC3)c12. The summed E-state index contributed by atoms with van der Waals surface area (Å²) in [5.41, 5.74) is 2.13. The van der Waals surface area contributed by atoms with Crippen LogP contribution in [0.5, 0.6) is 11.5 Å². The zero-order valence-electron chi connectivity index (χ0n) is 13.8. The second-order valence-electron chi connectivity index (χ2n) is 6.33. The van der Waals surface area contributed by atoms with E-state index in [-0.39, 0.29) is 17.3 Å². The number of hydrogen-bond donors (Lipinski definition) is 2. The smallest absolute Gasteiger partial charge is 0.164 e. The molecule has 1 fully saturated rings. The molecule has 2 aromatic heterocycles. The van der Waals surface area contributed by atoms with Crippen molar-refractivity contribution in [2.75, 3.05) is 13.1 Å². The number of ketones is 1. The highest BCUT2D eigenvalue weighted by Crippen LogP contribution is 2.39. The molecule has 0 bridgehead atoms. The van der Waals surface area contributed by atoms with Crippen LogP contribution in [0.1, 0.15) is 29.3 Å². The van der Waals surface area contributed by atoms with Gasteiger partial charge in [0.25, 0.3) is 0 Å². The van der Waals surface area contributed by atoms with Gasteiger partial charge in [0.05, 0.1) is 11.8 Å². The maximum Gasteiger partial charge on any atom is 0.164 e. The minimum Gasteiger partial charge on any atom is -0.508 e. The van der Waals surface area contributed by atoms with Gasteiger partial charge in [-0.05, 0) is 50.7 Å². The molecule has 0 saturated carbocycles. The topological polar surface area (TPSA) is 86.8 Å². The summed E-state index contributed by atoms with van der Waals surface area (Å²) in [5, 5.41) is 20.5. The average molecular weight is 338 g/mol. The summed E-state index contributed by atoms with van der Waals surface area (Å²) in [6, 6.07) is 6.37. The van der Waals surface area contributed by atoms with Crippen molar-refractivity contribution < 1.29 is 19.4 Å². The lowest BCUT2D eigenvalue weighted by Gasteiger charge is -2.31. The van der Waals surface area contributed by atoms with Gasteiger partial charge < -0.3 is 14.6 Å². The van der Waals surface area contributed by atoms with Gasteiger partial charge in [0, 0.05) is 17.5 Å². The number of rotatable bonds is 4. The van der Waals surface area contributed by atoms with E-state index in [9.17, 15) is 15.0 Å². The molecular formula is C19H18N2O4. The van der Waals surface area contributed by atoms with Gasteiger partial charge in [-0.25, -0.2) is 4.98 Å². The van der Waals surface area contributed by atoms with Crippen molar-refractivity contribution in [2.45, 2.75) is 19.9 Å². The number of pyridine rings is 1. The van der Waals surface area contributed by atoms with E-state index in [0.717, 1.165) is 19.5 Å². The zero-order valence-corrected chi connectivity index (χ0v) is 13.8. The van der Waals surface area contributed by atoms with Crippen molar-refractivity contribution in [1.82, 2.24) is 9.88 Å². The van der Waals surface area contributed by atoms with Gasteiger partial charge in [-0.1, -0.05) is 0 Å². The summed E-state index contributed by atoms with van der Waals surface area (Å²) in [5.74, 6) is 0.408. The first-order valence-corrected chi connectivity index (χ1v) is 8.20. The fourth-order valence-corrected chi connectivity index (χ4v) is 3.21. The number of fused-ring (bicyclic) bond motifs is 1. The molecule has 6 heteroatoms. The number of aromatic nitrogens is 1. The number of likely N-dealkylation sites (tertiary alicyclic amines) is 1. The van der Waals surface area contributed by atoms with E-state index in [4.69, 9.17) is 4.42 Å². The first kappa shape index (κ1) is 15.7. The Bertz CT molecular complexity index is 956. The van der Waals surface area contributed by atoms with Crippen LogP contribution >= 0.6 is 0 Å². The first-order chi connectivity index (χ1) is 12.0. The van der Waals surface area contributed by atoms with Crippen LogP contribution in [0.25, 0.3) is 22.4 Å². The lowest BCUT2D eigenvalue weighted by atomic mass is 9.99. The summed E-state index contributed by atoms with van der Waals surface area (Å²) in [4.78, 5) is 18.8. The molecule has 25 heavy (non-hydrogen) atoms. The quantitative estimate of drug-likeness (QED) is 0.710. The summed E-state index contributed by atoms with van der Waals surface area (Å²) in [7, 11) is 0. The van der Waals surface area contributed by atoms with Gasteiger partial charge in [-0.15, -0.1) is 0 Å². The third-order valence-corrected chi connectivity index (χ3v) is 4.60. The van der Waals surface area contributed by atoms with E-state index in [0.29, 0.717) is 40.1 Å². The Morgan fingerprint density at radius 3 is 2.64 bits per heavy atom. The molecule has 0 aliphatic carbocycles. The molecule has 3 heterocycles. The number of hydrogen-bond acceptors (Lipinski definition) is 6. The minimum absolute atomic E-state index is 0.0420. The van der Waals surface area contributed by atoms with Crippen LogP contribution in [0.2, 0.25) is 0 Å². The normalized spacial score (nSPS) is 14.6. The molecule has 0 unspecified atom stereocenters. The number of benzene rings is 1. The zero-order chi connectivity index (χ0) is 17.6. The number of carbonyl (C=O) groups excluding carboxylic acids is 1. The van der Waals surface area contributed by atoms with Crippen LogP contribution < -0.4 is 0 Å². The number of phenols is 1. The van der Waals surface area contributed by atoms with Crippen LogP contribution in [0.4, 0.5) is 0 Å². The van der Waals surface area contributed by atoms with E-state index in [2.05, 4.69) is 9.88 Å². The number of Topliss-reactive ketones (excluding diaryl/α,β-unsaturated/α-hetero) is 1. The summed E-state index contributed by atoms with van der Waals surface area (Å²) in [6.45, 7) is 4.02. The van der Waals surface area contributed by atoms with Crippen molar-refractivity contribution in [2.24, 2.45) is 0 Å². The largest absolute Gasteiger partial charge is 0.508 e. The number of phenolic OH excluding ortho intramolecular Hbond substituents is 1. The predicted molar refractivity (Wildman–Crippen MR) is 92.7 cm³/mol. The van der Waals surface area contributed by atoms with Crippen LogP contribution in [0, 0.1) is 0 Å². The molecule has 0 amide bonds. The van der Waals surface area contributed by atoms with Crippen molar-refractivity contribution in [3.8, 4) is 23.0 Å². The lowest BCUT2D eigenvalue weighted by molar-refractivity contribution is 0.101. The van der Waals surface area contributed by atoms with Gasteiger partial charge in [0.2, 0.25) is 0 Å². The molecule has 2 N–H and O–H groups in total. The first-order valence-electron chi connectivity index (χ1n) is 8.20. The third kappa shape index (κ3) is 2.64. The fraction of sp³-hybridized carbons (Fsp3) is 0.263. The second-order valence-corrected chi connectivity index (χ2v) is 6.33. The standard InChI is InChI=1S/C19H18N2O4/c1-11(22)17-18-13(10-21-7-2-8-21)15(24)5-6-16(18)25-19(17)14-4-3-12(23)9-20-14/h3-6,9,23-24H,2,7-8,10H2,1H3. The highest BCUT2D eigenvalue weighted by molar-refractivity contribution is 6.12. The average Bonchev–Trinajstić information content (AvgIpc) is 2.93. The Labute approximate surface area is 144 Å². The number of aromatic hydroxyl groups is 2. The molecule has 1 aliphatic heterocycles. The van der Waals surface area contributed by atoms with E-state index >= 15 is 0 Å². The molecule has 0 radical (unpaired) electrons. The lowest BCUT2D eigenvalue weighted by Crippen LogP contribution is -2.36. The van der Waals surface area contributed by atoms with E-state index in [1.165, 1.54) is 19.2 Å². The fourth-order valence-electron chi connectivity index (χ4n) is 3.21. The highest BCUT2D eigenvalue weighted by atomic mass is 16.3. The van der Waals surface area contributed by atoms with Gasteiger partial charge in [-0.3, -0.25) is 9.69 Å². The second kappa shape index (κ2) is 5.89. The molecule has 1 saturated heterocycles. The van der Waals surface area contributed by atoms with Crippen molar-refractivity contribution in [3.05, 3.63) is 41.6 Å². The van der Waals surface area contributed by atoms with Gasteiger partial charge >= 0.3 is 0 Å². The molecule has 0 atom stereocenters. The Hall–Kier alpha value is -2.86. The van der Waals surface area contributed by atoms with Crippen molar-refractivity contribution in [1.29, 1.82) is 0 Å². The molecule has 6 nitrogen and oxygen atoms in total. The molecule has 3 aromatic rings. The van der Waals surface area contributed by atoms with E-state index < -0.39 is 0 Å². The van der Waals surface area contributed by atoms with Crippen molar-refractivity contribution in [3.63, 3.8) is 0 Å². The van der Waals surface area contributed by atoms with Crippen molar-refractivity contribution >= 4 is 16.8 Å². The van der Waals surface area contributed by atoms with Gasteiger partial charge in [0.1, 0.15) is 22.8 Å². The molecule has 1 aliphatic rings. The number of nitrogens with zero attached hydrogens (tertiary/aromatic N) is 2. The minimum atomic E-state index is -0.154. The monoisotopic (exact) mass is 338 g/mol. The maximum atomic E-state index is 12.4. The number of carbonyl (C=O) groups is 1. The molecular weight excluding hydrogens is 320 g/mol. The Balaban J connectivity index is 1.95. The Morgan fingerprint density at radius 1 is 1.24 bits per heavy atom. The molecule has 1 aromatic carbocycles. The van der Waals surface area contributed by atoms with Gasteiger partial charge in [-0.2, -0.15) is 0 Å². The summed E-state index contributed by atoms with van der Waals surface area (Å²) in [6.07, 6.45) is 2.45. The van der Waals surface area contributed by atoms with Crippen LogP contribution in [0.15, 0.2) is 34.9 Å². The summed E-state index contributed by atoms with van der Waals surface area (Å²) >= 11 is 0. The Kier molecular flexibility index (Phi) is 3.69. The molecule has 0 spiro atoms. The van der Waals surface area contributed by atoms with E-state index in [1.54, 1.807) is 18.2 Å². The van der Waals surface area contributed by atoms with Gasteiger partial charge in [0.15, 0.2) is 11.5 Å². The van der Waals surface area contributed by atoms with Crippen LogP contribution in [-0.2, 0) is 6.54 Å². The summed E-state index contributed by atoms with van der Waals surface area (Å²) < 4.78 is 5.92. The molecule has 128 valence electrons. The number of furan rings is 1. The van der Waals surface area contributed by atoms with Crippen LogP contribution in [0.3, 0.4) is 0 Å².